The molecule has 0 N–H and O–H groups in total. The van der Waals surface area contributed by atoms with Crippen LogP contribution in [0, 0.1) is 50.7 Å². The summed E-state index contributed by atoms with van der Waals surface area (Å²) in [7, 11) is 0. The molecule has 0 saturated heterocycles. The van der Waals surface area contributed by atoms with Crippen molar-refractivity contribution >= 4 is 0 Å². The van der Waals surface area contributed by atoms with E-state index in [1.54, 1.807) is 103 Å². The van der Waals surface area contributed by atoms with E-state index >= 15 is 0 Å². The Morgan fingerprint density at radius 2 is 0.972 bits per heavy atom. The summed E-state index contributed by atoms with van der Waals surface area (Å²) >= 11 is 0. The lowest BCUT2D eigenvalue weighted by Crippen LogP contribution is -2.68. The fourth-order valence-electron chi connectivity index (χ4n) is 14.2. The third-order valence-electron chi connectivity index (χ3n) is 15.2. The van der Waals surface area contributed by atoms with Gasteiger partial charge in [0.2, 0.25) is 0 Å². The largest absolute Gasteiger partial charge is 0.0625 e. The van der Waals surface area contributed by atoms with E-state index in [2.05, 4.69) is 27.7 Å². The number of rotatable bonds is 1. The molecule has 6 saturated carbocycles. The molecule has 0 aliphatic heterocycles. The van der Waals surface area contributed by atoms with Crippen molar-refractivity contribution in [2.24, 2.45) is 50.7 Å². The highest BCUT2D eigenvalue weighted by Crippen LogP contribution is 2.85. The molecule has 6 fully saturated rings. The van der Waals surface area contributed by atoms with Gasteiger partial charge in [-0.05, 0) is 128 Å². The summed E-state index contributed by atoms with van der Waals surface area (Å²) in [5.74, 6) is 3.95. The fourth-order valence-corrected chi connectivity index (χ4v) is 14.2. The van der Waals surface area contributed by atoms with Crippen LogP contribution in [0.5, 0.6) is 0 Å². The van der Waals surface area contributed by atoms with Gasteiger partial charge in [0, 0.05) is 0 Å². The van der Waals surface area contributed by atoms with Crippen LogP contribution in [0.4, 0.5) is 0 Å². The summed E-state index contributed by atoms with van der Waals surface area (Å²) in [5, 5.41) is 0. The molecule has 0 aromatic heterocycles. The summed E-state index contributed by atoms with van der Waals surface area (Å²) in [6.45, 7) is 11.1. The molecule has 6 rings (SSSR count). The smallest absolute Gasteiger partial charge is 0.0125 e. The zero-order valence-electron chi connectivity index (χ0n) is 25.1. The second kappa shape index (κ2) is 9.58. The Bertz CT molecular complexity index is 767. The van der Waals surface area contributed by atoms with Crippen LogP contribution in [0.25, 0.3) is 0 Å². The maximum Gasteiger partial charge on any atom is -0.0125 e. The molecule has 7 unspecified atom stereocenters. The maximum atomic E-state index is 2.96. The zero-order chi connectivity index (χ0) is 25.1. The average Bonchev–Trinajstić information content (AvgIpc) is 2.92. The molecular formula is C36H62. The first-order valence-corrected chi connectivity index (χ1v) is 17.3. The summed E-state index contributed by atoms with van der Waals surface area (Å²) in [6, 6.07) is 0. The lowest BCUT2D eigenvalue weighted by atomic mass is 9.30. The number of hydrogen-bond acceptors (Lipinski definition) is 0. The third-order valence-corrected chi connectivity index (χ3v) is 15.2. The Morgan fingerprint density at radius 3 is 1.69 bits per heavy atom. The Kier molecular flexibility index (Phi) is 6.98. The van der Waals surface area contributed by atoms with Crippen molar-refractivity contribution in [3.05, 3.63) is 0 Å². The van der Waals surface area contributed by atoms with Crippen molar-refractivity contribution in [2.45, 2.75) is 175 Å². The van der Waals surface area contributed by atoms with Gasteiger partial charge in [-0.15, -0.1) is 0 Å². The van der Waals surface area contributed by atoms with Crippen molar-refractivity contribution in [1.29, 1.82) is 0 Å². The normalized spacial score (nSPS) is 54.3. The predicted molar refractivity (Wildman–Crippen MR) is 155 cm³/mol. The van der Waals surface area contributed by atoms with E-state index in [4.69, 9.17) is 0 Å². The van der Waals surface area contributed by atoms with Crippen LogP contribution < -0.4 is 0 Å². The van der Waals surface area contributed by atoms with Gasteiger partial charge in [0.05, 0.1) is 0 Å². The molecular weight excluding hydrogens is 432 g/mol. The summed E-state index contributed by atoms with van der Waals surface area (Å²) < 4.78 is 0. The molecule has 0 spiro atoms. The van der Waals surface area contributed by atoms with Gasteiger partial charge in [-0.25, -0.2) is 0 Å². The molecule has 6 aliphatic rings. The Hall–Kier alpha value is 0. The Morgan fingerprint density at radius 1 is 0.417 bits per heavy atom. The molecule has 0 aromatic rings. The molecule has 0 nitrogen and oxygen atoms in total. The van der Waals surface area contributed by atoms with E-state index in [1.165, 1.54) is 44.9 Å². The lowest BCUT2D eigenvalue weighted by Gasteiger charge is -2.74. The fraction of sp³-hybridized carbons (Fsp3) is 1.00. The molecule has 0 radical (unpaired) electrons. The van der Waals surface area contributed by atoms with Gasteiger partial charge in [0.1, 0.15) is 0 Å². The van der Waals surface area contributed by atoms with E-state index in [0.717, 1.165) is 23.7 Å². The van der Waals surface area contributed by atoms with E-state index in [9.17, 15) is 0 Å². The first kappa shape index (κ1) is 26.2. The molecule has 2 bridgehead atoms. The highest BCUT2D eigenvalue weighted by molar-refractivity contribution is 5.26. The van der Waals surface area contributed by atoms with Crippen LogP contribution in [0.1, 0.15) is 175 Å². The molecule has 206 valence electrons. The van der Waals surface area contributed by atoms with E-state index in [-0.39, 0.29) is 0 Å². The van der Waals surface area contributed by atoms with Crippen LogP contribution in [0.3, 0.4) is 0 Å². The topological polar surface area (TPSA) is 0 Å². The van der Waals surface area contributed by atoms with Crippen LogP contribution in [0.15, 0.2) is 0 Å². The van der Waals surface area contributed by atoms with Crippen molar-refractivity contribution in [2.75, 3.05) is 0 Å². The molecule has 0 heterocycles. The number of hydrogen-bond donors (Lipinski definition) is 0. The van der Waals surface area contributed by atoms with Crippen molar-refractivity contribution in [3.8, 4) is 0 Å². The quantitative estimate of drug-likeness (QED) is 0.340. The van der Waals surface area contributed by atoms with Crippen LogP contribution >= 0.6 is 0 Å². The van der Waals surface area contributed by atoms with Gasteiger partial charge in [0.15, 0.2) is 0 Å². The minimum absolute atomic E-state index is 0.568. The van der Waals surface area contributed by atoms with Gasteiger partial charge in [-0.1, -0.05) is 98.3 Å². The van der Waals surface area contributed by atoms with Crippen molar-refractivity contribution in [1.82, 2.24) is 0 Å². The van der Waals surface area contributed by atoms with Crippen LogP contribution in [-0.2, 0) is 0 Å². The van der Waals surface area contributed by atoms with Gasteiger partial charge >= 0.3 is 0 Å². The monoisotopic (exact) mass is 494 g/mol. The van der Waals surface area contributed by atoms with E-state index < -0.39 is 0 Å². The SMILES string of the molecule is CC1CCCCC(C)(C23C4CCCC(C)CC2CCC(C)(CC4)C24CCCCC23CCCC4)CCC1. The third kappa shape index (κ3) is 3.49. The minimum atomic E-state index is 0.568. The predicted octanol–water partition coefficient (Wildman–Crippen LogP) is 11.5. The summed E-state index contributed by atoms with van der Waals surface area (Å²) in [6.07, 6.45) is 35.9. The molecule has 0 aromatic carbocycles. The minimum Gasteiger partial charge on any atom is -0.0625 e. The second-order valence-corrected chi connectivity index (χ2v) is 16.6. The first-order chi connectivity index (χ1) is 17.3. The zero-order valence-corrected chi connectivity index (χ0v) is 25.1. The summed E-state index contributed by atoms with van der Waals surface area (Å²) in [5.41, 5.74) is 3.13. The highest BCUT2D eigenvalue weighted by atomic mass is 14.8. The molecule has 0 heteroatoms. The maximum absolute atomic E-state index is 2.96. The van der Waals surface area contributed by atoms with Crippen molar-refractivity contribution < 1.29 is 0 Å². The average molecular weight is 495 g/mol. The highest BCUT2D eigenvalue weighted by Gasteiger charge is 2.77. The first-order valence-electron chi connectivity index (χ1n) is 17.3. The van der Waals surface area contributed by atoms with E-state index in [1.807, 2.05) is 0 Å². The molecule has 36 heavy (non-hydrogen) atoms. The molecule has 0 amide bonds. The lowest BCUT2D eigenvalue weighted by molar-refractivity contribution is -0.264. The van der Waals surface area contributed by atoms with E-state index in [0.29, 0.717) is 27.1 Å². The van der Waals surface area contributed by atoms with Gasteiger partial charge < -0.3 is 0 Å². The van der Waals surface area contributed by atoms with Gasteiger partial charge in [-0.3, -0.25) is 0 Å². The second-order valence-electron chi connectivity index (χ2n) is 16.6. The van der Waals surface area contributed by atoms with Crippen molar-refractivity contribution in [3.63, 3.8) is 0 Å². The summed E-state index contributed by atoms with van der Waals surface area (Å²) in [4.78, 5) is 0. The molecule has 7 atom stereocenters. The Labute approximate surface area is 225 Å². The standard InChI is InChI=1S/C36H62/c1-28-13-5-6-19-33(4,20-12-15-28)36-30-16-11-14-29(2)27-31(36)18-26-32(3,25-17-30)34-21-7-9-23-35(34,36)24-10-8-22-34/h28-31H,5-27H2,1-4H3. The Balaban J connectivity index is 1.62. The van der Waals surface area contributed by atoms with Crippen LogP contribution in [0.2, 0.25) is 0 Å². The van der Waals surface area contributed by atoms with Gasteiger partial charge in [-0.2, -0.15) is 0 Å². The van der Waals surface area contributed by atoms with Crippen LogP contribution in [-0.4, -0.2) is 0 Å². The molecule has 6 aliphatic carbocycles. The van der Waals surface area contributed by atoms with Gasteiger partial charge in [0.25, 0.3) is 0 Å².